The quantitative estimate of drug-likeness (QED) is 0.422. The van der Waals surface area contributed by atoms with Gasteiger partial charge in [0.2, 0.25) is 5.91 Å². The average molecular weight is 481 g/mol. The van der Waals surface area contributed by atoms with Gasteiger partial charge in [-0.25, -0.2) is 4.79 Å². The maximum atomic E-state index is 13.4. The van der Waals surface area contributed by atoms with Crippen molar-refractivity contribution in [3.63, 3.8) is 0 Å². The fourth-order valence-electron chi connectivity index (χ4n) is 5.53. The second-order valence-corrected chi connectivity index (χ2v) is 9.98. The summed E-state index contributed by atoms with van der Waals surface area (Å²) in [6.07, 6.45) is 1.68. The normalized spacial score (nSPS) is 20.9. The Labute approximate surface area is 209 Å². The van der Waals surface area contributed by atoms with Gasteiger partial charge in [0.15, 0.2) is 0 Å². The van der Waals surface area contributed by atoms with Crippen LogP contribution in [0, 0.1) is 0 Å². The van der Waals surface area contributed by atoms with Crippen molar-refractivity contribution in [3.05, 3.63) is 84.1 Å². The molecule has 2 fully saturated rings. The molecule has 2 aliphatic rings. The number of nitrogens with zero attached hydrogens (tertiary/aromatic N) is 2. The van der Waals surface area contributed by atoms with E-state index in [-0.39, 0.29) is 12.5 Å². The zero-order valence-corrected chi connectivity index (χ0v) is 20.2. The molecule has 6 rings (SSSR count). The van der Waals surface area contributed by atoms with Crippen LogP contribution in [-0.4, -0.2) is 52.3 Å². The van der Waals surface area contributed by atoms with Crippen LogP contribution in [0.4, 0.5) is 4.79 Å². The van der Waals surface area contributed by atoms with Gasteiger partial charge >= 0.3 is 6.03 Å². The van der Waals surface area contributed by atoms with E-state index in [2.05, 4.69) is 28.5 Å². The minimum atomic E-state index is -1.20. The number of carbonyl (C=O) groups excluding carboxylic acids is 3. The van der Waals surface area contributed by atoms with E-state index < -0.39 is 17.5 Å². The van der Waals surface area contributed by atoms with Gasteiger partial charge in [0, 0.05) is 30.2 Å². The summed E-state index contributed by atoms with van der Waals surface area (Å²) < 4.78 is 0. The van der Waals surface area contributed by atoms with E-state index in [0.29, 0.717) is 24.6 Å². The van der Waals surface area contributed by atoms with Crippen molar-refractivity contribution in [2.24, 2.45) is 0 Å². The lowest BCUT2D eigenvalue weighted by Gasteiger charge is -2.32. The number of aromatic amines is 1. The van der Waals surface area contributed by atoms with Crippen molar-refractivity contribution in [2.45, 2.75) is 31.2 Å². The Balaban J connectivity index is 1.12. The number of urea groups is 1. The van der Waals surface area contributed by atoms with Gasteiger partial charge in [-0.15, -0.1) is 0 Å². The van der Waals surface area contributed by atoms with Crippen molar-refractivity contribution >= 4 is 39.5 Å². The van der Waals surface area contributed by atoms with Crippen molar-refractivity contribution < 1.29 is 14.4 Å². The molecular weight excluding hydrogens is 452 g/mol. The molecule has 36 heavy (non-hydrogen) atoms. The molecule has 2 N–H and O–H groups in total. The van der Waals surface area contributed by atoms with Crippen LogP contribution in [0.15, 0.2) is 72.8 Å². The van der Waals surface area contributed by atoms with Gasteiger partial charge in [-0.2, -0.15) is 0 Å². The zero-order valence-electron chi connectivity index (χ0n) is 20.2. The first-order valence-corrected chi connectivity index (χ1v) is 12.4. The molecule has 2 saturated heterocycles. The monoisotopic (exact) mass is 480 g/mol. The Bertz CT molecular complexity index is 1470. The molecule has 1 atom stereocenters. The lowest BCUT2D eigenvalue weighted by atomic mass is 9.90. The molecule has 4 aromatic rings. The summed E-state index contributed by atoms with van der Waals surface area (Å²) in [5, 5.41) is 6.07. The highest BCUT2D eigenvalue weighted by Gasteiger charge is 2.49. The summed E-state index contributed by atoms with van der Waals surface area (Å²) in [6.45, 7) is 2.66. The number of H-pyrrole nitrogens is 1. The molecule has 1 aromatic heterocycles. The molecule has 3 aromatic carbocycles. The summed E-state index contributed by atoms with van der Waals surface area (Å²) in [6, 6.07) is 23.5. The second kappa shape index (κ2) is 8.52. The highest BCUT2D eigenvalue weighted by Crippen LogP contribution is 2.32. The second-order valence-electron chi connectivity index (χ2n) is 9.98. The first-order valence-electron chi connectivity index (χ1n) is 12.4. The number of fused-ring (bicyclic) bond motifs is 2. The van der Waals surface area contributed by atoms with Gasteiger partial charge in [0.1, 0.15) is 12.1 Å². The van der Waals surface area contributed by atoms with Crippen LogP contribution in [-0.2, 0) is 15.1 Å². The number of piperidine rings is 1. The molecule has 0 saturated carbocycles. The maximum Gasteiger partial charge on any atom is 0.325 e. The van der Waals surface area contributed by atoms with Crippen LogP contribution in [0.1, 0.15) is 36.9 Å². The molecule has 182 valence electrons. The summed E-state index contributed by atoms with van der Waals surface area (Å²) in [7, 11) is 0. The maximum absolute atomic E-state index is 13.4. The Morgan fingerprint density at radius 1 is 0.917 bits per heavy atom. The van der Waals surface area contributed by atoms with Crippen LogP contribution in [0.2, 0.25) is 0 Å². The number of aromatic nitrogens is 1. The van der Waals surface area contributed by atoms with E-state index in [0.717, 1.165) is 34.0 Å². The number of likely N-dealkylation sites (tertiary alicyclic amines) is 1. The zero-order chi connectivity index (χ0) is 24.9. The first kappa shape index (κ1) is 22.3. The molecule has 1 unspecified atom stereocenters. The third kappa shape index (κ3) is 3.71. The van der Waals surface area contributed by atoms with E-state index in [1.807, 2.05) is 54.6 Å². The Morgan fingerprint density at radius 2 is 1.61 bits per heavy atom. The smallest absolute Gasteiger partial charge is 0.325 e. The average Bonchev–Trinajstić information content (AvgIpc) is 3.43. The van der Waals surface area contributed by atoms with Crippen molar-refractivity contribution in [1.29, 1.82) is 0 Å². The number of nitrogens with one attached hydrogen (secondary N) is 2. The minimum Gasteiger partial charge on any atom is -0.358 e. The number of imide groups is 1. The van der Waals surface area contributed by atoms with E-state index in [1.165, 1.54) is 11.1 Å². The topological polar surface area (TPSA) is 85.5 Å². The first-order chi connectivity index (χ1) is 17.4. The van der Waals surface area contributed by atoms with Gasteiger partial charge in [0.25, 0.3) is 5.91 Å². The largest absolute Gasteiger partial charge is 0.358 e. The third-order valence-electron chi connectivity index (χ3n) is 7.73. The SMILES string of the molecule is CC1(c2ccc3ccccc3c2)NC(=O)N(CC(=O)N2CCC(c3cc4ccccc4[nH]3)CC2)C1=O. The lowest BCUT2D eigenvalue weighted by Crippen LogP contribution is -2.46. The standard InChI is InChI=1S/C29H28N4O3/c1-29(23-11-10-19-6-2-3-7-21(19)16-23)27(35)33(28(36)31-29)18-26(34)32-14-12-20(13-15-32)25-17-22-8-4-5-9-24(22)30-25/h2-11,16-17,20,30H,12-15,18H2,1H3,(H,31,36). The van der Waals surface area contributed by atoms with Gasteiger partial charge < -0.3 is 15.2 Å². The molecule has 2 aliphatic heterocycles. The lowest BCUT2D eigenvalue weighted by molar-refractivity contribution is -0.139. The van der Waals surface area contributed by atoms with Crippen LogP contribution < -0.4 is 5.32 Å². The van der Waals surface area contributed by atoms with Crippen LogP contribution >= 0.6 is 0 Å². The number of hydrogen-bond acceptors (Lipinski definition) is 3. The number of rotatable bonds is 4. The molecular formula is C29H28N4O3. The number of para-hydroxylation sites is 1. The van der Waals surface area contributed by atoms with Gasteiger partial charge in [-0.1, -0.05) is 54.6 Å². The van der Waals surface area contributed by atoms with Gasteiger partial charge in [-0.05, 0) is 59.7 Å². The predicted octanol–water partition coefficient (Wildman–Crippen LogP) is 4.49. The highest BCUT2D eigenvalue weighted by molar-refractivity contribution is 6.09. The fourth-order valence-corrected chi connectivity index (χ4v) is 5.53. The van der Waals surface area contributed by atoms with Crippen LogP contribution in [0.25, 0.3) is 21.7 Å². The summed E-state index contributed by atoms with van der Waals surface area (Å²) >= 11 is 0. The highest BCUT2D eigenvalue weighted by atomic mass is 16.2. The molecule has 3 heterocycles. The number of benzene rings is 3. The van der Waals surface area contributed by atoms with Gasteiger partial charge in [0.05, 0.1) is 0 Å². The number of amides is 4. The molecule has 0 aliphatic carbocycles. The molecule has 0 bridgehead atoms. The van der Waals surface area contributed by atoms with Crippen LogP contribution in [0.5, 0.6) is 0 Å². The molecule has 0 radical (unpaired) electrons. The predicted molar refractivity (Wildman–Crippen MR) is 138 cm³/mol. The Morgan fingerprint density at radius 3 is 2.36 bits per heavy atom. The summed E-state index contributed by atoms with van der Waals surface area (Å²) in [4.78, 5) is 45.6. The van der Waals surface area contributed by atoms with E-state index in [4.69, 9.17) is 0 Å². The van der Waals surface area contributed by atoms with Crippen LogP contribution in [0.3, 0.4) is 0 Å². The van der Waals surface area contributed by atoms with Crippen molar-refractivity contribution in [2.75, 3.05) is 19.6 Å². The minimum absolute atomic E-state index is 0.198. The number of carbonyl (C=O) groups is 3. The number of hydrogen-bond donors (Lipinski definition) is 2. The van der Waals surface area contributed by atoms with Gasteiger partial charge in [-0.3, -0.25) is 14.5 Å². The molecule has 4 amide bonds. The van der Waals surface area contributed by atoms with E-state index in [1.54, 1.807) is 11.8 Å². The van der Waals surface area contributed by atoms with E-state index >= 15 is 0 Å². The summed E-state index contributed by atoms with van der Waals surface area (Å²) in [5.74, 6) is -0.241. The van der Waals surface area contributed by atoms with Crippen molar-refractivity contribution in [3.8, 4) is 0 Å². The van der Waals surface area contributed by atoms with Crippen molar-refractivity contribution in [1.82, 2.24) is 20.1 Å². The van der Waals surface area contributed by atoms with E-state index in [9.17, 15) is 14.4 Å². The summed E-state index contributed by atoms with van der Waals surface area (Å²) in [5.41, 5.74) is 1.82. The Hall–Kier alpha value is -4.13. The third-order valence-corrected chi connectivity index (χ3v) is 7.73. The molecule has 7 heteroatoms. The molecule has 7 nitrogen and oxygen atoms in total. The molecule has 0 spiro atoms. The fraction of sp³-hybridized carbons (Fsp3) is 0.276. The Kier molecular flexibility index (Phi) is 5.29.